The fourth-order valence-corrected chi connectivity index (χ4v) is 5.29. The fourth-order valence-electron chi connectivity index (χ4n) is 5.29. The number of rotatable bonds is 9. The largest absolute Gasteiger partial charge is 0.359 e. The van der Waals surface area contributed by atoms with Crippen LogP contribution in [0.15, 0.2) is 48.9 Å². The molecule has 8 nitrogen and oxygen atoms in total. The van der Waals surface area contributed by atoms with Crippen LogP contribution in [0.4, 0.5) is 11.5 Å². The van der Waals surface area contributed by atoms with Crippen LogP contribution in [-0.2, 0) is 6.42 Å². The number of nitrogens with zero attached hydrogens (tertiary/aromatic N) is 5. The van der Waals surface area contributed by atoms with E-state index in [-0.39, 0.29) is 5.91 Å². The van der Waals surface area contributed by atoms with E-state index in [4.69, 9.17) is 0 Å². The summed E-state index contributed by atoms with van der Waals surface area (Å²) in [7, 11) is 2.03. The van der Waals surface area contributed by atoms with Crippen molar-refractivity contribution in [3.63, 3.8) is 0 Å². The first-order valence-corrected chi connectivity index (χ1v) is 13.7. The Balaban J connectivity index is 1.32. The molecule has 4 aromatic rings. The summed E-state index contributed by atoms with van der Waals surface area (Å²) in [5, 5.41) is 11.1. The van der Waals surface area contributed by atoms with E-state index in [1.54, 1.807) is 6.20 Å². The average Bonchev–Trinajstić information content (AvgIpc) is 3.36. The summed E-state index contributed by atoms with van der Waals surface area (Å²) in [6.07, 6.45) is 11.5. The number of anilines is 2. The molecule has 3 aromatic heterocycles. The number of carbonyl (C=O) groups is 1. The smallest absolute Gasteiger partial charge is 0.276 e. The molecule has 0 bridgehead atoms. The zero-order chi connectivity index (χ0) is 26.5. The van der Waals surface area contributed by atoms with Gasteiger partial charge in [-0.25, -0.2) is 4.98 Å². The Morgan fingerprint density at radius 2 is 1.92 bits per heavy atom. The molecule has 2 N–H and O–H groups in total. The maximum atomic E-state index is 13.2. The normalized spacial score (nSPS) is 14.1. The minimum atomic E-state index is -0.266. The van der Waals surface area contributed by atoms with Crippen molar-refractivity contribution in [2.24, 2.45) is 0 Å². The van der Waals surface area contributed by atoms with Gasteiger partial charge in [-0.1, -0.05) is 19.4 Å². The summed E-state index contributed by atoms with van der Waals surface area (Å²) in [4.78, 5) is 27.0. The molecular formula is C30H37N7O. The number of piperidine rings is 1. The lowest BCUT2D eigenvalue weighted by Gasteiger charge is -2.26. The Labute approximate surface area is 224 Å². The number of amides is 1. The molecule has 0 unspecified atom stereocenters. The van der Waals surface area contributed by atoms with Crippen molar-refractivity contribution in [2.45, 2.75) is 46.0 Å². The quantitative estimate of drug-likeness (QED) is 0.310. The third-order valence-corrected chi connectivity index (χ3v) is 7.30. The van der Waals surface area contributed by atoms with E-state index in [9.17, 15) is 4.79 Å². The third-order valence-electron chi connectivity index (χ3n) is 7.30. The molecule has 1 aliphatic heterocycles. The number of likely N-dealkylation sites (tertiary alicyclic amines) is 1. The van der Waals surface area contributed by atoms with E-state index in [1.165, 1.54) is 37.9 Å². The minimum Gasteiger partial charge on any atom is -0.359 e. The number of hydrogen-bond acceptors (Lipinski definition) is 6. The highest BCUT2D eigenvalue weighted by Crippen LogP contribution is 2.27. The van der Waals surface area contributed by atoms with Crippen LogP contribution in [0.3, 0.4) is 0 Å². The highest BCUT2D eigenvalue weighted by molar-refractivity contribution is 6.11. The predicted octanol–water partition coefficient (Wildman–Crippen LogP) is 5.46. The number of carbonyl (C=O) groups excluding carboxylic acids is 1. The van der Waals surface area contributed by atoms with Gasteiger partial charge in [-0.3, -0.25) is 14.9 Å². The Bertz CT molecular complexity index is 1410. The Morgan fingerprint density at radius 3 is 2.71 bits per heavy atom. The van der Waals surface area contributed by atoms with Gasteiger partial charge in [0.2, 0.25) is 0 Å². The second-order valence-electron chi connectivity index (χ2n) is 10.3. The number of benzene rings is 1. The zero-order valence-electron chi connectivity index (χ0n) is 22.6. The molecule has 38 heavy (non-hydrogen) atoms. The van der Waals surface area contributed by atoms with Crippen LogP contribution < -0.4 is 10.2 Å². The Morgan fingerprint density at radius 1 is 1.08 bits per heavy atom. The van der Waals surface area contributed by atoms with E-state index < -0.39 is 0 Å². The molecule has 1 aliphatic rings. The maximum absolute atomic E-state index is 13.2. The van der Waals surface area contributed by atoms with Crippen molar-refractivity contribution < 1.29 is 4.79 Å². The SMILES string of the molecule is CCCN(C)c1ncc(NC(=O)c2n[nH]c3ccc(-c4cncc(CCN5CCCCC5)c4)cc23)cc1C. The average molecular weight is 512 g/mol. The molecule has 5 rings (SSSR count). The van der Waals surface area contributed by atoms with Crippen molar-refractivity contribution in [3.8, 4) is 11.1 Å². The molecular weight excluding hydrogens is 474 g/mol. The molecule has 0 atom stereocenters. The van der Waals surface area contributed by atoms with Gasteiger partial charge < -0.3 is 15.1 Å². The molecule has 1 saturated heterocycles. The molecule has 4 heterocycles. The van der Waals surface area contributed by atoms with Crippen molar-refractivity contribution in [2.75, 3.05) is 43.4 Å². The summed E-state index contributed by atoms with van der Waals surface area (Å²) in [5.74, 6) is 0.657. The molecule has 1 fully saturated rings. The van der Waals surface area contributed by atoms with Gasteiger partial charge in [-0.2, -0.15) is 5.10 Å². The van der Waals surface area contributed by atoms with Crippen molar-refractivity contribution >= 4 is 28.3 Å². The molecule has 1 aromatic carbocycles. The number of aromatic nitrogens is 4. The van der Waals surface area contributed by atoms with Gasteiger partial charge in [0, 0.05) is 43.5 Å². The molecule has 0 saturated carbocycles. The van der Waals surface area contributed by atoms with Gasteiger partial charge in [-0.15, -0.1) is 0 Å². The Hall–Kier alpha value is -3.78. The van der Waals surface area contributed by atoms with E-state index in [2.05, 4.69) is 48.3 Å². The standard InChI is InChI=1S/C30H37N7O/c1-4-11-36(3)29-21(2)15-25(20-32-29)33-30(38)28-26-17-23(8-9-27(26)34-35-28)24-16-22(18-31-19-24)10-14-37-12-6-5-7-13-37/h8-9,15-20H,4-7,10-14H2,1-3H3,(H,33,38)(H,34,35). The van der Waals surface area contributed by atoms with Gasteiger partial charge >= 0.3 is 0 Å². The van der Waals surface area contributed by atoms with Crippen LogP contribution in [0, 0.1) is 6.92 Å². The Kier molecular flexibility index (Phi) is 7.98. The zero-order valence-corrected chi connectivity index (χ0v) is 22.6. The molecule has 1 amide bonds. The van der Waals surface area contributed by atoms with Crippen LogP contribution in [-0.4, -0.2) is 64.2 Å². The second kappa shape index (κ2) is 11.7. The summed E-state index contributed by atoms with van der Waals surface area (Å²) in [5.41, 5.74) is 6.14. The van der Waals surface area contributed by atoms with Crippen LogP contribution in [0.2, 0.25) is 0 Å². The van der Waals surface area contributed by atoms with E-state index in [0.717, 1.165) is 59.3 Å². The summed E-state index contributed by atoms with van der Waals surface area (Å²) >= 11 is 0. The van der Waals surface area contributed by atoms with E-state index in [1.807, 2.05) is 50.6 Å². The van der Waals surface area contributed by atoms with Crippen LogP contribution >= 0.6 is 0 Å². The van der Waals surface area contributed by atoms with Gasteiger partial charge in [-0.05, 0) is 86.7 Å². The number of pyridine rings is 2. The maximum Gasteiger partial charge on any atom is 0.276 e. The lowest BCUT2D eigenvalue weighted by atomic mass is 10.0. The molecule has 0 radical (unpaired) electrons. The van der Waals surface area contributed by atoms with E-state index in [0.29, 0.717) is 11.4 Å². The van der Waals surface area contributed by atoms with Crippen LogP contribution in [0.25, 0.3) is 22.0 Å². The third kappa shape index (κ3) is 5.86. The monoisotopic (exact) mass is 511 g/mol. The number of H-pyrrole nitrogens is 1. The van der Waals surface area contributed by atoms with Crippen LogP contribution in [0.5, 0.6) is 0 Å². The van der Waals surface area contributed by atoms with Crippen molar-refractivity contribution in [3.05, 3.63) is 65.7 Å². The number of aryl methyl sites for hydroxylation is 1. The first-order chi connectivity index (χ1) is 18.5. The summed E-state index contributed by atoms with van der Waals surface area (Å²) < 4.78 is 0. The molecule has 8 heteroatoms. The van der Waals surface area contributed by atoms with Gasteiger partial charge in [0.05, 0.1) is 17.4 Å². The number of nitrogens with one attached hydrogen (secondary N) is 2. The summed E-state index contributed by atoms with van der Waals surface area (Å²) in [6, 6.07) is 10.2. The van der Waals surface area contributed by atoms with Crippen molar-refractivity contribution in [1.29, 1.82) is 0 Å². The number of fused-ring (bicyclic) bond motifs is 1. The first kappa shape index (κ1) is 25.9. The van der Waals surface area contributed by atoms with Crippen molar-refractivity contribution in [1.82, 2.24) is 25.1 Å². The first-order valence-electron chi connectivity index (χ1n) is 13.7. The van der Waals surface area contributed by atoms with E-state index >= 15 is 0 Å². The second-order valence-corrected chi connectivity index (χ2v) is 10.3. The molecule has 0 aliphatic carbocycles. The highest BCUT2D eigenvalue weighted by atomic mass is 16.1. The molecule has 198 valence electrons. The molecule has 0 spiro atoms. The number of hydrogen-bond donors (Lipinski definition) is 2. The highest BCUT2D eigenvalue weighted by Gasteiger charge is 2.17. The number of aromatic amines is 1. The van der Waals surface area contributed by atoms with Crippen LogP contribution in [0.1, 0.15) is 54.2 Å². The predicted molar refractivity (Wildman–Crippen MR) is 154 cm³/mol. The minimum absolute atomic E-state index is 0.266. The summed E-state index contributed by atoms with van der Waals surface area (Å²) in [6.45, 7) is 8.55. The lowest BCUT2D eigenvalue weighted by molar-refractivity contribution is 0.102. The van der Waals surface area contributed by atoms with Gasteiger partial charge in [0.1, 0.15) is 5.82 Å². The van der Waals surface area contributed by atoms with Gasteiger partial charge in [0.15, 0.2) is 5.69 Å². The fraction of sp³-hybridized carbons (Fsp3) is 0.400. The van der Waals surface area contributed by atoms with Gasteiger partial charge in [0.25, 0.3) is 5.91 Å². The topological polar surface area (TPSA) is 90.0 Å². The lowest BCUT2D eigenvalue weighted by Crippen LogP contribution is -2.31.